The molecule has 0 radical (unpaired) electrons. The second-order valence-corrected chi connectivity index (χ2v) is 11.5. The maximum Gasteiger partial charge on any atom is 0.258 e. The minimum Gasteiger partial charge on any atom is -0.379 e. The molecule has 1 aromatic heterocycles. The summed E-state index contributed by atoms with van der Waals surface area (Å²) in [5.41, 5.74) is 3.41. The van der Waals surface area contributed by atoms with Crippen molar-refractivity contribution in [3.05, 3.63) is 59.8 Å². The van der Waals surface area contributed by atoms with E-state index in [0.29, 0.717) is 62.8 Å². The van der Waals surface area contributed by atoms with Gasteiger partial charge in [0.2, 0.25) is 15.9 Å². The van der Waals surface area contributed by atoms with Crippen molar-refractivity contribution in [1.82, 2.24) is 13.8 Å². The summed E-state index contributed by atoms with van der Waals surface area (Å²) in [5, 5.41) is 0.915. The summed E-state index contributed by atoms with van der Waals surface area (Å²) < 4.78 is 35.4. The Hall–Kier alpha value is -3.47. The molecular weight excluding hydrogens is 516 g/mol. The molecule has 0 N–H and O–H groups in total. The molecule has 0 spiro atoms. The first-order chi connectivity index (χ1) is 18.8. The molecule has 0 saturated carbocycles. The topological polar surface area (TPSA) is 92.2 Å². The van der Waals surface area contributed by atoms with Gasteiger partial charge in [-0.3, -0.25) is 9.59 Å². The van der Waals surface area contributed by atoms with E-state index >= 15 is 0 Å². The van der Waals surface area contributed by atoms with Gasteiger partial charge in [-0.05, 0) is 51.1 Å². The molecule has 3 heterocycles. The number of para-hydroxylation sites is 1. The highest BCUT2D eigenvalue weighted by Crippen LogP contribution is 2.40. The number of aromatic nitrogens is 1. The lowest BCUT2D eigenvalue weighted by Gasteiger charge is -2.26. The van der Waals surface area contributed by atoms with Gasteiger partial charge in [0.25, 0.3) is 5.91 Å². The van der Waals surface area contributed by atoms with Crippen LogP contribution in [0.4, 0.5) is 5.69 Å². The van der Waals surface area contributed by atoms with Gasteiger partial charge >= 0.3 is 0 Å². The van der Waals surface area contributed by atoms with Crippen LogP contribution in [0.5, 0.6) is 0 Å². The maximum atomic E-state index is 13.6. The Kier molecular flexibility index (Phi) is 7.61. The molecule has 2 aliphatic rings. The lowest BCUT2D eigenvalue weighted by molar-refractivity contribution is -0.131. The van der Waals surface area contributed by atoms with Gasteiger partial charge in [0, 0.05) is 66.5 Å². The summed E-state index contributed by atoms with van der Waals surface area (Å²) in [6.45, 7) is 9.06. The first kappa shape index (κ1) is 27.1. The van der Waals surface area contributed by atoms with Crippen LogP contribution >= 0.6 is 0 Å². The maximum absolute atomic E-state index is 13.6. The molecule has 0 bridgehead atoms. The van der Waals surface area contributed by atoms with Crippen molar-refractivity contribution in [3.63, 3.8) is 0 Å². The highest BCUT2D eigenvalue weighted by Gasteiger charge is 2.34. The molecule has 1 saturated heterocycles. The summed E-state index contributed by atoms with van der Waals surface area (Å²) in [6, 6.07) is 12.7. The van der Waals surface area contributed by atoms with E-state index in [9.17, 15) is 18.0 Å². The van der Waals surface area contributed by atoms with E-state index in [4.69, 9.17) is 4.74 Å². The molecule has 2 aliphatic heterocycles. The summed E-state index contributed by atoms with van der Waals surface area (Å²) in [4.78, 5) is 30.1. The number of carbonyl (C=O) groups excluding carboxylic acids is 2. The number of sulfonamides is 1. The molecule has 206 valence electrons. The fourth-order valence-electron chi connectivity index (χ4n) is 5.38. The number of rotatable bonds is 8. The van der Waals surface area contributed by atoms with Crippen LogP contribution in [0.3, 0.4) is 0 Å². The van der Waals surface area contributed by atoms with E-state index in [1.165, 1.54) is 4.31 Å². The molecule has 5 rings (SSSR count). The summed E-state index contributed by atoms with van der Waals surface area (Å²) in [5.74, 6) is -0.151. The van der Waals surface area contributed by atoms with Crippen molar-refractivity contribution in [2.45, 2.75) is 32.2 Å². The molecule has 2 aromatic carbocycles. The van der Waals surface area contributed by atoms with E-state index in [2.05, 4.69) is 0 Å². The zero-order valence-corrected chi connectivity index (χ0v) is 23.4. The molecule has 0 aliphatic carbocycles. The van der Waals surface area contributed by atoms with Crippen LogP contribution in [-0.2, 0) is 30.9 Å². The number of nitrogens with zero attached hydrogens (tertiary/aromatic N) is 4. The Bertz CT molecular complexity index is 1550. The van der Waals surface area contributed by atoms with Gasteiger partial charge in [0.15, 0.2) is 0 Å². The monoisotopic (exact) mass is 550 g/mol. The third-order valence-electron chi connectivity index (χ3n) is 7.49. The van der Waals surface area contributed by atoms with Crippen LogP contribution < -0.4 is 4.90 Å². The normalized spacial score (nSPS) is 17.3. The number of amides is 2. The van der Waals surface area contributed by atoms with Gasteiger partial charge in [-0.25, -0.2) is 8.42 Å². The van der Waals surface area contributed by atoms with Gasteiger partial charge in [-0.2, -0.15) is 4.31 Å². The Morgan fingerprint density at radius 3 is 2.46 bits per heavy atom. The van der Waals surface area contributed by atoms with Crippen LogP contribution in [0.1, 0.15) is 31.9 Å². The zero-order valence-electron chi connectivity index (χ0n) is 22.6. The van der Waals surface area contributed by atoms with Crippen molar-refractivity contribution in [3.8, 4) is 0 Å². The van der Waals surface area contributed by atoms with Crippen molar-refractivity contribution in [2.75, 3.05) is 50.8 Å². The largest absolute Gasteiger partial charge is 0.379 e. The number of hydrogen-bond donors (Lipinski definition) is 0. The van der Waals surface area contributed by atoms with E-state index in [1.807, 2.05) is 61.9 Å². The van der Waals surface area contributed by atoms with Gasteiger partial charge in [-0.1, -0.05) is 18.2 Å². The summed E-state index contributed by atoms with van der Waals surface area (Å²) >= 11 is 0. The molecule has 0 unspecified atom stereocenters. The van der Waals surface area contributed by atoms with Gasteiger partial charge in [-0.15, -0.1) is 0 Å². The highest BCUT2D eigenvalue weighted by atomic mass is 32.2. The van der Waals surface area contributed by atoms with Gasteiger partial charge in [0.05, 0.1) is 23.8 Å². The number of morpholine rings is 1. The number of ether oxygens (including phenoxy) is 1. The van der Waals surface area contributed by atoms with Gasteiger partial charge < -0.3 is 19.1 Å². The zero-order chi connectivity index (χ0) is 27.7. The number of fused-ring (bicyclic) bond motifs is 2. The number of hydrogen-bond acceptors (Lipinski definition) is 5. The third kappa shape index (κ3) is 4.88. The van der Waals surface area contributed by atoms with Crippen LogP contribution in [0, 0.1) is 0 Å². The van der Waals surface area contributed by atoms with Crippen molar-refractivity contribution >= 4 is 50.1 Å². The third-order valence-corrected chi connectivity index (χ3v) is 9.38. The van der Waals surface area contributed by atoms with Crippen molar-refractivity contribution < 1.29 is 22.7 Å². The molecule has 9 nitrogen and oxygen atoms in total. The number of anilines is 1. The lowest BCUT2D eigenvalue weighted by Crippen LogP contribution is -2.40. The Balaban J connectivity index is 1.59. The smallest absolute Gasteiger partial charge is 0.258 e. The van der Waals surface area contributed by atoms with E-state index in [1.54, 1.807) is 28.0 Å². The molecular formula is C29H34N4O5S. The second kappa shape index (κ2) is 11.0. The Morgan fingerprint density at radius 1 is 1.05 bits per heavy atom. The predicted octanol–water partition coefficient (Wildman–Crippen LogP) is 3.44. The van der Waals surface area contributed by atoms with Crippen molar-refractivity contribution in [2.24, 2.45) is 0 Å². The van der Waals surface area contributed by atoms with Crippen LogP contribution in [0.25, 0.3) is 22.6 Å². The minimum atomic E-state index is -3.73. The van der Waals surface area contributed by atoms with E-state index in [0.717, 1.165) is 16.5 Å². The number of carbonyl (C=O) groups is 2. The van der Waals surface area contributed by atoms with Crippen LogP contribution in [0.15, 0.2) is 53.6 Å². The molecule has 1 fully saturated rings. The number of benzene rings is 2. The average Bonchev–Trinajstić information content (AvgIpc) is 3.43. The second-order valence-electron chi connectivity index (χ2n) is 9.60. The van der Waals surface area contributed by atoms with E-state index in [-0.39, 0.29) is 23.3 Å². The minimum absolute atomic E-state index is 0.0253. The van der Waals surface area contributed by atoms with Gasteiger partial charge in [0.1, 0.15) is 6.54 Å². The first-order valence-electron chi connectivity index (χ1n) is 13.4. The lowest BCUT2D eigenvalue weighted by atomic mass is 10.0. The molecule has 39 heavy (non-hydrogen) atoms. The quantitative estimate of drug-likeness (QED) is 0.401. The molecule has 2 amide bonds. The summed E-state index contributed by atoms with van der Waals surface area (Å²) in [7, 11) is -3.73. The molecule has 0 atom stereocenters. The fraction of sp³-hybridized carbons (Fsp3) is 0.379. The predicted molar refractivity (Wildman–Crippen MR) is 152 cm³/mol. The van der Waals surface area contributed by atoms with E-state index < -0.39 is 10.0 Å². The number of likely N-dealkylation sites (N-methyl/N-ethyl adjacent to an activating group) is 2. The van der Waals surface area contributed by atoms with Crippen molar-refractivity contribution in [1.29, 1.82) is 0 Å². The van der Waals surface area contributed by atoms with Crippen LogP contribution in [0.2, 0.25) is 0 Å². The Morgan fingerprint density at radius 2 is 1.77 bits per heavy atom. The summed E-state index contributed by atoms with van der Waals surface area (Å²) in [6.07, 6.45) is 3.72. The average molecular weight is 551 g/mol. The molecule has 3 aromatic rings. The Labute approximate surface area is 229 Å². The fourth-order valence-corrected chi connectivity index (χ4v) is 6.82. The standard InChI is InChI=1S/C29H34N4O5S/c1-4-30(5-2)28(34)20-31-19-21(23-9-7-8-10-26(23)31)17-25-24-18-22(11-12-27(24)33(6-3)29(25)35)39(36,37)32-13-15-38-16-14-32/h7-12,17-19H,4-6,13-16,20H2,1-3H3/b25-17-. The van der Waals surface area contributed by atoms with Crippen LogP contribution in [-0.4, -0.2) is 79.9 Å². The highest BCUT2D eigenvalue weighted by molar-refractivity contribution is 7.89. The SMILES string of the molecule is CCN(CC)C(=O)Cn1cc(/C=C2\C(=O)N(CC)c3ccc(S(=O)(=O)N4CCOCC4)cc32)c2ccccc21. The first-order valence-corrected chi connectivity index (χ1v) is 14.9. The molecule has 10 heteroatoms.